The van der Waals surface area contributed by atoms with Gasteiger partial charge < -0.3 is 5.32 Å². The van der Waals surface area contributed by atoms with E-state index in [1.54, 1.807) is 0 Å². The molecule has 0 radical (unpaired) electrons. The van der Waals surface area contributed by atoms with Crippen LogP contribution in [0.2, 0.25) is 0 Å². The predicted octanol–water partition coefficient (Wildman–Crippen LogP) is 1.49. The Hall–Kier alpha value is -0.770. The Bertz CT molecular complexity index is 252. The standard InChI is InChI=1S/C10H17ClN2O2/c1-6(8-3-4-8)5-12-10(15)13-9(14)7(2)11/h6-8H,3-5H2,1-2H3,(H2,12,13,14,15). The molecule has 0 saturated heterocycles. The van der Waals surface area contributed by atoms with Crippen LogP contribution in [0.4, 0.5) is 4.79 Å². The van der Waals surface area contributed by atoms with Crippen LogP contribution in [0.25, 0.3) is 0 Å². The van der Waals surface area contributed by atoms with Crippen LogP contribution in [0.15, 0.2) is 0 Å². The fourth-order valence-electron chi connectivity index (χ4n) is 1.34. The normalized spacial score (nSPS) is 19.1. The van der Waals surface area contributed by atoms with Crippen LogP contribution in [-0.4, -0.2) is 23.9 Å². The van der Waals surface area contributed by atoms with Crippen LogP contribution in [0.5, 0.6) is 0 Å². The summed E-state index contributed by atoms with van der Waals surface area (Å²) in [6.07, 6.45) is 2.50. The second-order valence-corrected chi connectivity index (χ2v) is 4.78. The van der Waals surface area contributed by atoms with Crippen molar-refractivity contribution in [2.24, 2.45) is 11.8 Å². The Balaban J connectivity index is 2.15. The number of amides is 3. The summed E-state index contributed by atoms with van der Waals surface area (Å²) in [6.45, 7) is 4.24. The van der Waals surface area contributed by atoms with Crippen LogP contribution in [0, 0.1) is 11.8 Å². The molecule has 2 unspecified atom stereocenters. The van der Waals surface area contributed by atoms with Gasteiger partial charge in [0.15, 0.2) is 0 Å². The van der Waals surface area contributed by atoms with Gasteiger partial charge in [-0.1, -0.05) is 6.92 Å². The monoisotopic (exact) mass is 232 g/mol. The summed E-state index contributed by atoms with van der Waals surface area (Å²) < 4.78 is 0. The molecule has 1 aliphatic rings. The van der Waals surface area contributed by atoms with Crippen molar-refractivity contribution in [3.05, 3.63) is 0 Å². The molecular weight excluding hydrogens is 216 g/mol. The molecule has 86 valence electrons. The number of rotatable bonds is 4. The first kappa shape index (κ1) is 12.3. The third kappa shape index (κ3) is 4.51. The van der Waals surface area contributed by atoms with Gasteiger partial charge in [0.1, 0.15) is 5.38 Å². The zero-order valence-corrected chi connectivity index (χ0v) is 9.80. The third-order valence-corrected chi connectivity index (χ3v) is 2.81. The van der Waals surface area contributed by atoms with Gasteiger partial charge in [-0.2, -0.15) is 0 Å². The Morgan fingerprint density at radius 2 is 2.00 bits per heavy atom. The van der Waals surface area contributed by atoms with E-state index >= 15 is 0 Å². The minimum Gasteiger partial charge on any atom is -0.338 e. The van der Waals surface area contributed by atoms with Gasteiger partial charge in [-0.25, -0.2) is 4.79 Å². The Labute approximate surface area is 94.7 Å². The van der Waals surface area contributed by atoms with E-state index in [2.05, 4.69) is 17.6 Å². The molecule has 0 bridgehead atoms. The van der Waals surface area contributed by atoms with E-state index in [4.69, 9.17) is 11.6 Å². The summed E-state index contributed by atoms with van der Waals surface area (Å²) in [5.74, 6) is 0.764. The van der Waals surface area contributed by atoms with Crippen LogP contribution in [0.3, 0.4) is 0 Å². The lowest BCUT2D eigenvalue weighted by Crippen LogP contribution is -2.43. The molecule has 3 amide bonds. The topological polar surface area (TPSA) is 58.2 Å². The number of carbonyl (C=O) groups is 2. The highest BCUT2D eigenvalue weighted by molar-refractivity contribution is 6.31. The zero-order chi connectivity index (χ0) is 11.4. The summed E-state index contributed by atoms with van der Waals surface area (Å²) in [6, 6.07) is -0.458. The number of carbonyl (C=O) groups excluding carboxylic acids is 2. The molecule has 0 aliphatic heterocycles. The lowest BCUT2D eigenvalue weighted by Gasteiger charge is -2.12. The number of alkyl halides is 1. The van der Waals surface area contributed by atoms with Crippen molar-refractivity contribution < 1.29 is 9.59 Å². The first-order chi connectivity index (χ1) is 7.00. The SMILES string of the molecule is CC(Cl)C(=O)NC(=O)NCC(C)C1CC1. The van der Waals surface area contributed by atoms with E-state index < -0.39 is 17.3 Å². The lowest BCUT2D eigenvalue weighted by molar-refractivity contribution is -0.119. The molecule has 2 atom stereocenters. The maximum absolute atomic E-state index is 11.2. The molecule has 0 spiro atoms. The Morgan fingerprint density at radius 3 is 2.47 bits per heavy atom. The number of urea groups is 1. The number of hydrogen-bond donors (Lipinski definition) is 2. The van der Waals surface area contributed by atoms with Crippen molar-refractivity contribution in [1.82, 2.24) is 10.6 Å². The first-order valence-electron chi connectivity index (χ1n) is 5.23. The van der Waals surface area contributed by atoms with Crippen LogP contribution in [-0.2, 0) is 4.79 Å². The van der Waals surface area contributed by atoms with Crippen LogP contribution in [0.1, 0.15) is 26.7 Å². The maximum atomic E-state index is 11.2. The van der Waals surface area contributed by atoms with E-state index in [0.29, 0.717) is 12.5 Å². The molecule has 0 aromatic carbocycles. The number of nitrogens with one attached hydrogen (secondary N) is 2. The second-order valence-electron chi connectivity index (χ2n) is 4.13. The first-order valence-corrected chi connectivity index (χ1v) is 5.67. The zero-order valence-electron chi connectivity index (χ0n) is 9.05. The van der Waals surface area contributed by atoms with Gasteiger partial charge >= 0.3 is 6.03 Å². The molecule has 15 heavy (non-hydrogen) atoms. The van der Waals surface area contributed by atoms with Gasteiger partial charge in [-0.15, -0.1) is 11.6 Å². The van der Waals surface area contributed by atoms with Gasteiger partial charge in [-0.05, 0) is 31.6 Å². The Kier molecular flexibility index (Phi) is 4.39. The van der Waals surface area contributed by atoms with E-state index in [-0.39, 0.29) is 0 Å². The fraction of sp³-hybridized carbons (Fsp3) is 0.800. The Morgan fingerprint density at radius 1 is 1.40 bits per heavy atom. The van der Waals surface area contributed by atoms with Gasteiger partial charge in [0.25, 0.3) is 0 Å². The molecule has 5 heteroatoms. The predicted molar refractivity (Wildman–Crippen MR) is 58.7 cm³/mol. The minimum atomic E-state index is -0.684. The summed E-state index contributed by atoms with van der Waals surface area (Å²) in [4.78, 5) is 22.2. The molecule has 0 aromatic rings. The van der Waals surface area contributed by atoms with Crippen molar-refractivity contribution in [1.29, 1.82) is 0 Å². The number of imide groups is 1. The average Bonchev–Trinajstić information content (AvgIpc) is 2.96. The maximum Gasteiger partial charge on any atom is 0.321 e. The molecule has 4 nitrogen and oxygen atoms in total. The molecule has 2 N–H and O–H groups in total. The van der Waals surface area contributed by atoms with Crippen molar-refractivity contribution >= 4 is 23.5 Å². The van der Waals surface area contributed by atoms with E-state index in [0.717, 1.165) is 5.92 Å². The highest BCUT2D eigenvalue weighted by atomic mass is 35.5. The van der Waals surface area contributed by atoms with Crippen LogP contribution < -0.4 is 10.6 Å². The van der Waals surface area contributed by atoms with Gasteiger partial charge in [0.2, 0.25) is 5.91 Å². The number of halogens is 1. The van der Waals surface area contributed by atoms with E-state index in [1.165, 1.54) is 19.8 Å². The largest absolute Gasteiger partial charge is 0.338 e. The summed E-state index contributed by atoms with van der Waals surface area (Å²) in [7, 11) is 0. The summed E-state index contributed by atoms with van der Waals surface area (Å²) in [5, 5.41) is 4.15. The summed E-state index contributed by atoms with van der Waals surface area (Å²) in [5.41, 5.74) is 0. The average molecular weight is 233 g/mol. The fourth-order valence-corrected chi connectivity index (χ4v) is 1.40. The quantitative estimate of drug-likeness (QED) is 0.722. The van der Waals surface area contributed by atoms with Gasteiger partial charge in [0, 0.05) is 6.54 Å². The van der Waals surface area contributed by atoms with E-state index in [9.17, 15) is 9.59 Å². The van der Waals surface area contributed by atoms with Crippen molar-refractivity contribution in [3.63, 3.8) is 0 Å². The second kappa shape index (κ2) is 5.35. The van der Waals surface area contributed by atoms with Crippen LogP contribution >= 0.6 is 11.6 Å². The lowest BCUT2D eigenvalue weighted by atomic mass is 10.1. The third-order valence-electron chi connectivity index (χ3n) is 2.61. The minimum absolute atomic E-state index is 0.458. The molecule has 1 fully saturated rings. The molecule has 0 heterocycles. The highest BCUT2D eigenvalue weighted by Gasteiger charge is 2.27. The van der Waals surface area contributed by atoms with Crippen molar-refractivity contribution in [2.75, 3.05) is 6.54 Å². The molecular formula is C10H17ClN2O2. The summed E-state index contributed by atoms with van der Waals surface area (Å²) >= 11 is 5.50. The van der Waals surface area contributed by atoms with Gasteiger partial charge in [0.05, 0.1) is 0 Å². The molecule has 1 rings (SSSR count). The van der Waals surface area contributed by atoms with Crippen molar-refractivity contribution in [3.8, 4) is 0 Å². The van der Waals surface area contributed by atoms with Gasteiger partial charge in [-0.3, -0.25) is 10.1 Å². The molecule has 1 saturated carbocycles. The van der Waals surface area contributed by atoms with E-state index in [1.807, 2.05) is 0 Å². The van der Waals surface area contributed by atoms with Crippen molar-refractivity contribution in [2.45, 2.75) is 32.1 Å². The number of hydrogen-bond acceptors (Lipinski definition) is 2. The molecule has 1 aliphatic carbocycles. The molecule has 0 aromatic heterocycles. The highest BCUT2D eigenvalue weighted by Crippen LogP contribution is 2.35. The smallest absolute Gasteiger partial charge is 0.321 e.